The van der Waals surface area contributed by atoms with Crippen molar-refractivity contribution in [3.05, 3.63) is 29.3 Å². The molecule has 21 heavy (non-hydrogen) atoms. The van der Waals surface area contributed by atoms with Gasteiger partial charge in [0.25, 0.3) is 0 Å². The number of ether oxygens (including phenoxy) is 1. The van der Waals surface area contributed by atoms with Gasteiger partial charge in [-0.25, -0.2) is 8.42 Å². The molecule has 118 valence electrons. The standard InChI is InChI=1S/C13H19ClN2O4S/c1-10(9-20-3)15-13(17)8-16(2)21(18,19)12-6-4-11(14)5-7-12/h4-7,10H,8-9H2,1-3H3,(H,15,17). The molecule has 8 heteroatoms. The van der Waals surface area contributed by atoms with Gasteiger partial charge in [0.1, 0.15) is 0 Å². The largest absolute Gasteiger partial charge is 0.383 e. The SMILES string of the molecule is COCC(C)NC(=O)CN(C)S(=O)(=O)c1ccc(Cl)cc1. The first kappa shape index (κ1) is 17.9. The quantitative estimate of drug-likeness (QED) is 0.810. The fraction of sp³-hybridized carbons (Fsp3) is 0.462. The average Bonchev–Trinajstić information content (AvgIpc) is 2.39. The predicted octanol–water partition coefficient (Wildman–Crippen LogP) is 1.11. The van der Waals surface area contributed by atoms with Gasteiger partial charge in [-0.1, -0.05) is 11.6 Å². The highest BCUT2D eigenvalue weighted by Crippen LogP contribution is 2.17. The Bertz CT molecular complexity index is 574. The number of amides is 1. The molecule has 0 fully saturated rings. The van der Waals surface area contributed by atoms with E-state index in [2.05, 4.69) is 5.32 Å². The van der Waals surface area contributed by atoms with Crippen molar-refractivity contribution < 1.29 is 17.9 Å². The molecule has 1 amide bonds. The van der Waals surface area contributed by atoms with Crippen LogP contribution in [-0.2, 0) is 19.6 Å². The van der Waals surface area contributed by atoms with E-state index in [1.165, 1.54) is 38.4 Å². The van der Waals surface area contributed by atoms with Crippen LogP contribution in [0.3, 0.4) is 0 Å². The Kier molecular flexibility index (Phi) is 6.60. The number of hydrogen-bond acceptors (Lipinski definition) is 4. The maximum absolute atomic E-state index is 12.3. The van der Waals surface area contributed by atoms with Crippen molar-refractivity contribution in [3.8, 4) is 0 Å². The zero-order valence-electron chi connectivity index (χ0n) is 12.2. The number of carbonyl (C=O) groups is 1. The van der Waals surface area contributed by atoms with Crippen LogP contribution < -0.4 is 5.32 Å². The van der Waals surface area contributed by atoms with Gasteiger partial charge in [0.05, 0.1) is 18.0 Å². The van der Waals surface area contributed by atoms with Gasteiger partial charge in [0.15, 0.2) is 0 Å². The number of hydrogen-bond donors (Lipinski definition) is 1. The Morgan fingerprint density at radius 1 is 1.38 bits per heavy atom. The maximum Gasteiger partial charge on any atom is 0.243 e. The third-order valence-corrected chi connectivity index (χ3v) is 4.78. The van der Waals surface area contributed by atoms with Gasteiger partial charge < -0.3 is 10.1 Å². The van der Waals surface area contributed by atoms with Crippen LogP contribution in [0, 0.1) is 0 Å². The molecule has 0 aliphatic carbocycles. The van der Waals surface area contributed by atoms with Gasteiger partial charge in [-0.15, -0.1) is 0 Å². The molecule has 0 aliphatic heterocycles. The highest BCUT2D eigenvalue weighted by atomic mass is 35.5. The summed E-state index contributed by atoms with van der Waals surface area (Å²) in [6, 6.07) is 5.60. The maximum atomic E-state index is 12.3. The van der Waals surface area contributed by atoms with Gasteiger partial charge in [-0.05, 0) is 31.2 Å². The molecule has 0 bridgehead atoms. The van der Waals surface area contributed by atoms with Crippen LogP contribution in [0.2, 0.25) is 5.02 Å². The highest BCUT2D eigenvalue weighted by molar-refractivity contribution is 7.89. The molecule has 0 aromatic heterocycles. The topological polar surface area (TPSA) is 75.7 Å². The smallest absolute Gasteiger partial charge is 0.243 e. The second-order valence-corrected chi connectivity index (χ2v) is 7.12. The van der Waals surface area contributed by atoms with Crippen LogP contribution in [0.4, 0.5) is 0 Å². The summed E-state index contributed by atoms with van der Waals surface area (Å²) in [7, 11) is -0.837. The molecule has 0 spiro atoms. The van der Waals surface area contributed by atoms with E-state index in [1.807, 2.05) is 0 Å². The summed E-state index contributed by atoms with van der Waals surface area (Å²) < 4.78 is 30.4. The summed E-state index contributed by atoms with van der Waals surface area (Å²) in [5, 5.41) is 3.10. The first-order valence-corrected chi connectivity index (χ1v) is 8.09. The lowest BCUT2D eigenvalue weighted by atomic mass is 10.3. The van der Waals surface area contributed by atoms with E-state index in [-0.39, 0.29) is 23.4 Å². The molecule has 0 saturated carbocycles. The molecule has 0 aliphatic rings. The summed E-state index contributed by atoms with van der Waals surface area (Å²) in [5.74, 6) is -0.389. The summed E-state index contributed by atoms with van der Waals surface area (Å²) in [5.41, 5.74) is 0. The minimum Gasteiger partial charge on any atom is -0.383 e. The number of halogens is 1. The lowest BCUT2D eigenvalue weighted by Crippen LogP contribution is -2.43. The van der Waals surface area contributed by atoms with Crippen LogP contribution >= 0.6 is 11.6 Å². The number of sulfonamides is 1. The summed E-state index contributed by atoms with van der Waals surface area (Å²) in [6.07, 6.45) is 0. The number of benzene rings is 1. The summed E-state index contributed by atoms with van der Waals surface area (Å²) >= 11 is 5.73. The zero-order valence-corrected chi connectivity index (χ0v) is 13.7. The van der Waals surface area contributed by atoms with E-state index >= 15 is 0 Å². The van der Waals surface area contributed by atoms with Crippen molar-refractivity contribution in [1.29, 1.82) is 0 Å². The Balaban J connectivity index is 2.71. The van der Waals surface area contributed by atoms with E-state index in [0.717, 1.165) is 4.31 Å². The Labute approximate surface area is 130 Å². The van der Waals surface area contributed by atoms with E-state index in [1.54, 1.807) is 6.92 Å². The number of methoxy groups -OCH3 is 1. The molecule has 1 aromatic rings. The molecule has 0 radical (unpaired) electrons. The second-order valence-electron chi connectivity index (χ2n) is 4.64. The van der Waals surface area contributed by atoms with Crippen LogP contribution in [0.25, 0.3) is 0 Å². The number of nitrogens with one attached hydrogen (secondary N) is 1. The minimum absolute atomic E-state index is 0.0899. The van der Waals surface area contributed by atoms with Crippen molar-refractivity contribution in [3.63, 3.8) is 0 Å². The van der Waals surface area contributed by atoms with Gasteiger partial charge in [-0.3, -0.25) is 4.79 Å². The monoisotopic (exact) mass is 334 g/mol. The van der Waals surface area contributed by atoms with Crippen molar-refractivity contribution in [1.82, 2.24) is 9.62 Å². The van der Waals surface area contributed by atoms with Crippen LogP contribution in [-0.4, -0.2) is 52.0 Å². The number of nitrogens with zero attached hydrogens (tertiary/aromatic N) is 1. The van der Waals surface area contributed by atoms with Crippen molar-refractivity contribution >= 4 is 27.5 Å². The fourth-order valence-corrected chi connectivity index (χ4v) is 2.94. The molecular weight excluding hydrogens is 316 g/mol. The molecular formula is C13H19ClN2O4S. The van der Waals surface area contributed by atoms with Gasteiger partial charge >= 0.3 is 0 Å². The number of carbonyl (C=O) groups excluding carboxylic acids is 1. The van der Waals surface area contributed by atoms with Gasteiger partial charge in [-0.2, -0.15) is 4.31 Å². The van der Waals surface area contributed by atoms with Crippen LogP contribution in [0.1, 0.15) is 6.92 Å². The molecule has 0 saturated heterocycles. The molecule has 1 aromatic carbocycles. The molecule has 1 unspecified atom stereocenters. The molecule has 1 atom stereocenters. The Morgan fingerprint density at radius 2 is 1.95 bits per heavy atom. The third-order valence-electron chi connectivity index (χ3n) is 2.71. The molecule has 1 N–H and O–H groups in total. The molecule has 6 nitrogen and oxygen atoms in total. The van der Waals surface area contributed by atoms with Crippen LogP contribution in [0.5, 0.6) is 0 Å². The van der Waals surface area contributed by atoms with Gasteiger partial charge in [0, 0.05) is 25.2 Å². The zero-order chi connectivity index (χ0) is 16.0. The lowest BCUT2D eigenvalue weighted by molar-refractivity contribution is -0.122. The number of likely N-dealkylation sites (N-methyl/N-ethyl adjacent to an activating group) is 1. The third kappa shape index (κ3) is 5.28. The highest BCUT2D eigenvalue weighted by Gasteiger charge is 2.23. The molecule has 0 heterocycles. The van der Waals surface area contributed by atoms with E-state index in [4.69, 9.17) is 16.3 Å². The first-order chi connectivity index (χ1) is 9.77. The lowest BCUT2D eigenvalue weighted by Gasteiger charge is -2.19. The molecule has 1 rings (SSSR count). The fourth-order valence-electron chi connectivity index (χ4n) is 1.69. The second kappa shape index (κ2) is 7.74. The normalized spacial score (nSPS) is 13.2. The van der Waals surface area contributed by atoms with Crippen molar-refractivity contribution in [2.24, 2.45) is 0 Å². The first-order valence-electron chi connectivity index (χ1n) is 6.27. The Hall–Kier alpha value is -1.15. The van der Waals surface area contributed by atoms with Crippen molar-refractivity contribution in [2.45, 2.75) is 17.9 Å². The average molecular weight is 335 g/mol. The number of rotatable bonds is 7. The minimum atomic E-state index is -3.72. The van der Waals surface area contributed by atoms with E-state index < -0.39 is 10.0 Å². The van der Waals surface area contributed by atoms with Crippen LogP contribution in [0.15, 0.2) is 29.2 Å². The van der Waals surface area contributed by atoms with Crippen molar-refractivity contribution in [2.75, 3.05) is 27.3 Å². The van der Waals surface area contributed by atoms with E-state index in [9.17, 15) is 13.2 Å². The van der Waals surface area contributed by atoms with E-state index in [0.29, 0.717) is 11.6 Å². The van der Waals surface area contributed by atoms with Gasteiger partial charge in [0.2, 0.25) is 15.9 Å². The summed E-state index contributed by atoms with van der Waals surface area (Å²) in [4.78, 5) is 11.9. The predicted molar refractivity (Wildman–Crippen MR) is 80.7 cm³/mol. The Morgan fingerprint density at radius 3 is 2.48 bits per heavy atom. The summed E-state index contributed by atoms with van der Waals surface area (Å²) in [6.45, 7) is 1.87.